The molecule has 2 atom stereocenters. The van der Waals surface area contributed by atoms with Crippen molar-refractivity contribution < 1.29 is 24.1 Å². The lowest BCUT2D eigenvalue weighted by atomic mass is 10.0. The zero-order valence-electron chi connectivity index (χ0n) is 20.6. The first-order valence-corrected chi connectivity index (χ1v) is 12.3. The van der Waals surface area contributed by atoms with Gasteiger partial charge in [-0.1, -0.05) is 12.1 Å². The van der Waals surface area contributed by atoms with E-state index in [1.54, 1.807) is 17.0 Å². The average Bonchev–Trinajstić information content (AvgIpc) is 3.20. The molecule has 2 saturated heterocycles. The van der Waals surface area contributed by atoms with Crippen LogP contribution in [0.3, 0.4) is 0 Å². The van der Waals surface area contributed by atoms with E-state index >= 15 is 0 Å². The Kier molecular flexibility index (Phi) is 6.32. The normalized spacial score (nSPS) is 20.5. The minimum atomic E-state index is -0.530. The summed E-state index contributed by atoms with van der Waals surface area (Å²) in [5, 5.41) is 15.4. The number of phenolic OH excluding ortho intramolecular Hbond substituents is 1. The van der Waals surface area contributed by atoms with Crippen LogP contribution in [0, 0.1) is 0 Å². The Morgan fingerprint density at radius 3 is 2.63 bits per heavy atom. The Labute approximate surface area is 205 Å². The Bertz CT molecular complexity index is 1190. The van der Waals surface area contributed by atoms with E-state index in [1.165, 1.54) is 0 Å². The highest BCUT2D eigenvalue weighted by Crippen LogP contribution is 2.37. The van der Waals surface area contributed by atoms with Crippen molar-refractivity contribution in [2.75, 3.05) is 19.8 Å². The fourth-order valence-electron chi connectivity index (χ4n) is 4.57. The molecule has 2 unspecified atom stereocenters. The maximum absolute atomic E-state index is 12.5. The number of carbonyl (C=O) groups is 1. The van der Waals surface area contributed by atoms with Crippen LogP contribution in [0.4, 0.5) is 4.79 Å². The molecule has 8 heteroatoms. The van der Waals surface area contributed by atoms with Crippen LogP contribution >= 0.6 is 0 Å². The molecular weight excluding hydrogens is 446 g/mol. The van der Waals surface area contributed by atoms with E-state index < -0.39 is 5.60 Å². The van der Waals surface area contributed by atoms with Crippen LogP contribution in [0.25, 0.3) is 22.0 Å². The summed E-state index contributed by atoms with van der Waals surface area (Å²) < 4.78 is 19.8. The maximum Gasteiger partial charge on any atom is 0.410 e. The van der Waals surface area contributed by atoms with Crippen molar-refractivity contribution in [3.05, 3.63) is 42.6 Å². The number of likely N-dealkylation sites (tertiary alicyclic amines) is 1. The lowest BCUT2D eigenvalue weighted by Crippen LogP contribution is -2.55. The molecule has 0 bridgehead atoms. The van der Waals surface area contributed by atoms with Gasteiger partial charge in [-0.05, 0) is 76.3 Å². The Morgan fingerprint density at radius 1 is 1.17 bits per heavy atom. The molecule has 186 valence electrons. The molecule has 3 aromatic rings. The standard InChI is InChI=1S/C27H33N3O5/c1-27(2,3)35-26(32)29-12-11-20(29)17-34-24-14-19-16-28-30(25-6-4-5-13-33-25)23(19)15-22(24)18-7-9-21(31)10-8-18/h7-10,14-16,20,25,31H,4-6,11-13,17H2,1-3H3. The fourth-order valence-corrected chi connectivity index (χ4v) is 4.57. The monoisotopic (exact) mass is 479 g/mol. The van der Waals surface area contributed by atoms with Gasteiger partial charge in [0.15, 0.2) is 6.23 Å². The summed E-state index contributed by atoms with van der Waals surface area (Å²) in [6.45, 7) is 7.39. The van der Waals surface area contributed by atoms with Gasteiger partial charge < -0.3 is 24.2 Å². The Hall–Kier alpha value is -3.26. The summed E-state index contributed by atoms with van der Waals surface area (Å²) in [4.78, 5) is 14.2. The van der Waals surface area contributed by atoms with Gasteiger partial charge in [-0.15, -0.1) is 0 Å². The second-order valence-electron chi connectivity index (χ2n) is 10.3. The predicted molar refractivity (Wildman–Crippen MR) is 133 cm³/mol. The van der Waals surface area contributed by atoms with Crippen LogP contribution in [0.1, 0.15) is 52.7 Å². The number of carbonyl (C=O) groups excluding carboxylic acids is 1. The largest absolute Gasteiger partial charge is 0.508 e. The van der Waals surface area contributed by atoms with Crippen LogP contribution in [-0.4, -0.2) is 57.3 Å². The molecule has 1 N–H and O–H groups in total. The molecular formula is C27H33N3O5. The first-order valence-electron chi connectivity index (χ1n) is 12.3. The number of amides is 1. The van der Waals surface area contributed by atoms with Crippen molar-refractivity contribution in [3.63, 3.8) is 0 Å². The highest BCUT2D eigenvalue weighted by Gasteiger charge is 2.36. The van der Waals surface area contributed by atoms with E-state index in [2.05, 4.69) is 11.2 Å². The first-order chi connectivity index (χ1) is 16.8. The molecule has 2 aromatic carbocycles. The molecule has 2 aliphatic heterocycles. The minimum Gasteiger partial charge on any atom is -0.508 e. The van der Waals surface area contributed by atoms with Gasteiger partial charge in [0.1, 0.15) is 23.7 Å². The van der Waals surface area contributed by atoms with Gasteiger partial charge in [-0.3, -0.25) is 0 Å². The van der Waals surface area contributed by atoms with Crippen molar-refractivity contribution in [2.45, 2.75) is 64.3 Å². The Balaban J connectivity index is 1.42. The second-order valence-corrected chi connectivity index (χ2v) is 10.3. The number of phenols is 1. The van der Waals surface area contributed by atoms with E-state index in [0.717, 1.165) is 54.3 Å². The summed E-state index contributed by atoms with van der Waals surface area (Å²) in [7, 11) is 0. The lowest BCUT2D eigenvalue weighted by Gasteiger charge is -2.41. The van der Waals surface area contributed by atoms with Crippen molar-refractivity contribution in [1.29, 1.82) is 0 Å². The predicted octanol–water partition coefficient (Wildman–Crippen LogP) is 5.50. The minimum absolute atomic E-state index is 0.0356. The molecule has 1 amide bonds. The lowest BCUT2D eigenvalue weighted by molar-refractivity contribution is -0.0366. The molecule has 5 rings (SSSR count). The summed E-state index contributed by atoms with van der Waals surface area (Å²) in [5.41, 5.74) is 2.27. The summed E-state index contributed by atoms with van der Waals surface area (Å²) in [5.74, 6) is 0.920. The zero-order valence-corrected chi connectivity index (χ0v) is 20.6. The molecule has 0 radical (unpaired) electrons. The van der Waals surface area contributed by atoms with Gasteiger partial charge in [0, 0.05) is 24.1 Å². The van der Waals surface area contributed by atoms with Gasteiger partial charge in [0.2, 0.25) is 0 Å². The molecule has 3 heterocycles. The number of aromatic hydroxyl groups is 1. The SMILES string of the molecule is CC(C)(C)OC(=O)N1CCC1COc1cc2cnn(C3CCCCO3)c2cc1-c1ccc(O)cc1. The van der Waals surface area contributed by atoms with E-state index in [9.17, 15) is 9.90 Å². The quantitative estimate of drug-likeness (QED) is 0.520. The van der Waals surface area contributed by atoms with E-state index in [4.69, 9.17) is 14.2 Å². The van der Waals surface area contributed by atoms with Crippen LogP contribution in [0.5, 0.6) is 11.5 Å². The number of ether oxygens (including phenoxy) is 3. The fraction of sp³-hybridized carbons (Fsp3) is 0.481. The number of hydrogen-bond donors (Lipinski definition) is 1. The van der Waals surface area contributed by atoms with Gasteiger partial charge >= 0.3 is 6.09 Å². The third-order valence-corrected chi connectivity index (χ3v) is 6.51. The summed E-state index contributed by atoms with van der Waals surface area (Å²) in [6, 6.07) is 11.1. The zero-order chi connectivity index (χ0) is 24.6. The van der Waals surface area contributed by atoms with E-state index in [1.807, 2.05) is 49.8 Å². The number of hydrogen-bond acceptors (Lipinski definition) is 6. The van der Waals surface area contributed by atoms with Crippen molar-refractivity contribution in [2.24, 2.45) is 0 Å². The second kappa shape index (κ2) is 9.41. The average molecular weight is 480 g/mol. The molecule has 8 nitrogen and oxygen atoms in total. The maximum atomic E-state index is 12.5. The number of aromatic nitrogens is 2. The van der Waals surface area contributed by atoms with Gasteiger partial charge in [-0.2, -0.15) is 5.10 Å². The highest BCUT2D eigenvalue weighted by molar-refractivity contribution is 5.88. The van der Waals surface area contributed by atoms with Gasteiger partial charge in [-0.25, -0.2) is 9.48 Å². The number of benzene rings is 2. The van der Waals surface area contributed by atoms with Gasteiger partial charge in [0.05, 0.1) is 17.8 Å². The first kappa shape index (κ1) is 23.5. The molecule has 0 saturated carbocycles. The Morgan fingerprint density at radius 2 is 1.97 bits per heavy atom. The number of rotatable bonds is 5. The molecule has 2 aliphatic rings. The van der Waals surface area contributed by atoms with Crippen molar-refractivity contribution in [1.82, 2.24) is 14.7 Å². The third-order valence-electron chi connectivity index (χ3n) is 6.51. The third kappa shape index (κ3) is 5.07. The van der Waals surface area contributed by atoms with Crippen molar-refractivity contribution >= 4 is 17.0 Å². The highest BCUT2D eigenvalue weighted by atomic mass is 16.6. The van der Waals surface area contributed by atoms with Crippen molar-refractivity contribution in [3.8, 4) is 22.6 Å². The molecule has 0 aliphatic carbocycles. The molecule has 2 fully saturated rings. The van der Waals surface area contributed by atoms with Crippen LogP contribution in [-0.2, 0) is 9.47 Å². The number of fused-ring (bicyclic) bond motifs is 1. The summed E-state index contributed by atoms with van der Waals surface area (Å²) >= 11 is 0. The molecule has 1 aromatic heterocycles. The van der Waals surface area contributed by atoms with Crippen LogP contribution in [0.2, 0.25) is 0 Å². The van der Waals surface area contributed by atoms with E-state index in [-0.39, 0.29) is 24.1 Å². The molecule has 0 spiro atoms. The van der Waals surface area contributed by atoms with Crippen LogP contribution < -0.4 is 4.74 Å². The van der Waals surface area contributed by atoms with Gasteiger partial charge in [0.25, 0.3) is 0 Å². The smallest absolute Gasteiger partial charge is 0.410 e. The number of nitrogens with zero attached hydrogens (tertiary/aromatic N) is 3. The van der Waals surface area contributed by atoms with Crippen LogP contribution in [0.15, 0.2) is 42.6 Å². The summed E-state index contributed by atoms with van der Waals surface area (Å²) in [6.07, 6.45) is 5.47. The van der Waals surface area contributed by atoms with E-state index in [0.29, 0.717) is 18.9 Å². The molecule has 35 heavy (non-hydrogen) atoms. The topological polar surface area (TPSA) is 86.0 Å².